The lowest BCUT2D eigenvalue weighted by molar-refractivity contribution is -0.121. The monoisotopic (exact) mass is 326 g/mol. The molecule has 0 aliphatic carbocycles. The van der Waals surface area contributed by atoms with Gasteiger partial charge in [-0.1, -0.05) is 0 Å². The molecule has 24 heavy (non-hydrogen) atoms. The number of nitrogens with zero attached hydrogens (tertiary/aromatic N) is 3. The summed E-state index contributed by atoms with van der Waals surface area (Å²) < 4.78 is 14.7. The highest BCUT2D eigenvalue weighted by atomic mass is 19.1. The van der Waals surface area contributed by atoms with Crippen LogP contribution in [-0.2, 0) is 11.3 Å². The number of amides is 1. The molecule has 2 heterocycles. The first-order valence-electron chi connectivity index (χ1n) is 7.45. The van der Waals surface area contributed by atoms with Crippen LogP contribution in [0.1, 0.15) is 28.9 Å². The largest absolute Gasteiger partial charge is 0.350 e. The molecule has 0 aliphatic rings. The van der Waals surface area contributed by atoms with Gasteiger partial charge in [-0.15, -0.1) is 0 Å². The Labute approximate surface area is 137 Å². The molecule has 0 unspecified atom stereocenters. The number of hydrogen-bond acceptors (Lipinski definition) is 4. The summed E-state index contributed by atoms with van der Waals surface area (Å²) in [6.45, 7) is 0.314. The lowest BCUT2D eigenvalue weighted by Crippen LogP contribution is -2.24. The number of nitrogens with one attached hydrogen (secondary N) is 1. The van der Waals surface area contributed by atoms with Gasteiger partial charge in [-0.2, -0.15) is 0 Å². The maximum absolute atomic E-state index is 12.8. The van der Waals surface area contributed by atoms with Crippen molar-refractivity contribution in [2.75, 3.05) is 0 Å². The summed E-state index contributed by atoms with van der Waals surface area (Å²) in [5.74, 6) is -0.812. The van der Waals surface area contributed by atoms with E-state index in [2.05, 4.69) is 15.3 Å². The van der Waals surface area contributed by atoms with Crippen LogP contribution in [0.2, 0.25) is 0 Å². The molecule has 0 aliphatic heterocycles. The zero-order chi connectivity index (χ0) is 16.9. The minimum atomic E-state index is -0.396. The molecule has 6 nitrogen and oxygen atoms in total. The number of ketones is 1. The van der Waals surface area contributed by atoms with Gasteiger partial charge in [0.1, 0.15) is 5.82 Å². The van der Waals surface area contributed by atoms with E-state index in [1.165, 1.54) is 24.3 Å². The molecule has 0 saturated carbocycles. The number of carbonyl (C=O) groups excluding carboxylic acids is 2. The van der Waals surface area contributed by atoms with E-state index in [1.54, 1.807) is 24.8 Å². The first kappa shape index (κ1) is 15.8. The fourth-order valence-electron chi connectivity index (χ4n) is 2.31. The van der Waals surface area contributed by atoms with Crippen molar-refractivity contribution in [3.8, 4) is 0 Å². The molecular formula is C17H15FN4O2. The summed E-state index contributed by atoms with van der Waals surface area (Å²) in [5, 5.41) is 2.76. The normalized spacial score (nSPS) is 10.7. The topological polar surface area (TPSA) is 76.4 Å². The van der Waals surface area contributed by atoms with Gasteiger partial charge in [0, 0.05) is 30.8 Å². The van der Waals surface area contributed by atoms with Crippen LogP contribution in [-0.4, -0.2) is 26.1 Å². The Bertz CT molecular complexity index is 874. The van der Waals surface area contributed by atoms with Crippen molar-refractivity contribution >= 4 is 17.3 Å². The quantitative estimate of drug-likeness (QED) is 0.704. The van der Waals surface area contributed by atoms with Gasteiger partial charge >= 0.3 is 0 Å². The third-order valence-electron chi connectivity index (χ3n) is 3.61. The molecular weight excluding hydrogens is 311 g/mol. The van der Waals surface area contributed by atoms with Crippen LogP contribution in [0.3, 0.4) is 0 Å². The van der Waals surface area contributed by atoms with E-state index < -0.39 is 5.82 Å². The van der Waals surface area contributed by atoms with Crippen LogP contribution in [0.4, 0.5) is 4.39 Å². The molecule has 1 amide bonds. The van der Waals surface area contributed by atoms with Crippen LogP contribution in [0.25, 0.3) is 5.65 Å². The Balaban J connectivity index is 1.51. The SMILES string of the molecule is O=C(CCC(=O)c1ccc(F)cc1)NCc1cnc2cnccn12. The van der Waals surface area contributed by atoms with Crippen molar-refractivity contribution in [2.24, 2.45) is 0 Å². The highest BCUT2D eigenvalue weighted by Gasteiger charge is 2.10. The minimum Gasteiger partial charge on any atom is -0.350 e. The maximum atomic E-state index is 12.8. The Hall–Kier alpha value is -3.09. The molecule has 3 rings (SSSR count). The third kappa shape index (κ3) is 3.62. The highest BCUT2D eigenvalue weighted by Crippen LogP contribution is 2.08. The van der Waals surface area contributed by atoms with Gasteiger partial charge in [0.05, 0.1) is 24.6 Å². The first-order valence-corrected chi connectivity index (χ1v) is 7.45. The second kappa shape index (κ2) is 6.99. The number of Topliss-reactive ketones (excluding diaryl/α,β-unsaturated/α-hetero) is 1. The fourth-order valence-corrected chi connectivity index (χ4v) is 2.31. The molecule has 3 aromatic rings. The number of rotatable bonds is 6. The smallest absolute Gasteiger partial charge is 0.220 e. The number of fused-ring (bicyclic) bond motifs is 1. The van der Waals surface area contributed by atoms with Crippen molar-refractivity contribution in [1.29, 1.82) is 0 Å². The van der Waals surface area contributed by atoms with E-state index in [4.69, 9.17) is 0 Å². The van der Waals surface area contributed by atoms with Crippen molar-refractivity contribution in [3.05, 3.63) is 66.1 Å². The van der Waals surface area contributed by atoms with Gasteiger partial charge in [0.25, 0.3) is 0 Å². The molecule has 0 saturated heterocycles. The van der Waals surface area contributed by atoms with E-state index >= 15 is 0 Å². The Kier molecular flexibility index (Phi) is 4.60. The Morgan fingerprint density at radius 2 is 1.92 bits per heavy atom. The van der Waals surface area contributed by atoms with Gasteiger partial charge in [-0.3, -0.25) is 19.0 Å². The molecule has 7 heteroatoms. The Morgan fingerprint density at radius 1 is 1.12 bits per heavy atom. The van der Waals surface area contributed by atoms with Gasteiger partial charge in [0.15, 0.2) is 11.4 Å². The molecule has 1 N–H and O–H groups in total. The summed E-state index contributed by atoms with van der Waals surface area (Å²) in [5.41, 5.74) is 1.93. The van der Waals surface area contributed by atoms with E-state index in [9.17, 15) is 14.0 Å². The number of aromatic nitrogens is 3. The minimum absolute atomic E-state index is 0.0779. The zero-order valence-corrected chi connectivity index (χ0v) is 12.8. The standard InChI is InChI=1S/C17H15FN4O2/c18-13-3-1-12(2-4-13)15(23)5-6-17(24)21-10-14-9-20-16-11-19-7-8-22(14)16/h1-4,7-9,11H,5-6,10H2,(H,21,24). The summed E-state index contributed by atoms with van der Waals surface area (Å²) in [4.78, 5) is 32.0. The van der Waals surface area contributed by atoms with Gasteiger partial charge in [0.2, 0.25) is 5.91 Å². The van der Waals surface area contributed by atoms with Crippen molar-refractivity contribution in [1.82, 2.24) is 19.7 Å². The predicted molar refractivity (Wildman–Crippen MR) is 84.8 cm³/mol. The average molecular weight is 326 g/mol. The average Bonchev–Trinajstić information content (AvgIpc) is 3.01. The van der Waals surface area contributed by atoms with Crippen LogP contribution >= 0.6 is 0 Å². The maximum Gasteiger partial charge on any atom is 0.220 e. The van der Waals surface area contributed by atoms with Crippen molar-refractivity contribution in [2.45, 2.75) is 19.4 Å². The second-order valence-corrected chi connectivity index (χ2v) is 5.26. The van der Waals surface area contributed by atoms with E-state index in [0.717, 1.165) is 5.69 Å². The molecule has 0 bridgehead atoms. The second-order valence-electron chi connectivity index (χ2n) is 5.26. The summed E-state index contributed by atoms with van der Waals surface area (Å²) in [7, 11) is 0. The fraction of sp³-hybridized carbons (Fsp3) is 0.176. The van der Waals surface area contributed by atoms with Crippen LogP contribution in [0.15, 0.2) is 49.1 Å². The van der Waals surface area contributed by atoms with Gasteiger partial charge < -0.3 is 5.32 Å². The zero-order valence-electron chi connectivity index (χ0n) is 12.8. The molecule has 1 aromatic carbocycles. The van der Waals surface area contributed by atoms with Crippen LogP contribution in [0.5, 0.6) is 0 Å². The number of hydrogen-bond donors (Lipinski definition) is 1. The summed E-state index contributed by atoms with van der Waals surface area (Å²) >= 11 is 0. The predicted octanol–water partition coefficient (Wildman–Crippen LogP) is 2.15. The summed E-state index contributed by atoms with van der Waals surface area (Å²) in [6.07, 6.45) is 6.86. The van der Waals surface area contributed by atoms with Gasteiger partial charge in [-0.05, 0) is 24.3 Å². The first-order chi connectivity index (χ1) is 11.6. The van der Waals surface area contributed by atoms with Crippen LogP contribution in [0, 0.1) is 5.82 Å². The summed E-state index contributed by atoms with van der Waals surface area (Å²) in [6, 6.07) is 5.30. The number of halogens is 1. The molecule has 0 atom stereocenters. The molecule has 0 fully saturated rings. The van der Waals surface area contributed by atoms with E-state index in [-0.39, 0.29) is 24.5 Å². The van der Waals surface area contributed by atoms with E-state index in [1.807, 2.05) is 4.40 Å². The number of imidazole rings is 1. The molecule has 2 aromatic heterocycles. The molecule has 0 spiro atoms. The molecule has 122 valence electrons. The third-order valence-corrected chi connectivity index (χ3v) is 3.61. The lowest BCUT2D eigenvalue weighted by Gasteiger charge is -2.05. The molecule has 0 radical (unpaired) electrons. The number of carbonyl (C=O) groups is 2. The Morgan fingerprint density at radius 3 is 2.71 bits per heavy atom. The van der Waals surface area contributed by atoms with Crippen molar-refractivity contribution < 1.29 is 14.0 Å². The lowest BCUT2D eigenvalue weighted by atomic mass is 10.1. The van der Waals surface area contributed by atoms with E-state index in [0.29, 0.717) is 17.8 Å². The van der Waals surface area contributed by atoms with Crippen molar-refractivity contribution in [3.63, 3.8) is 0 Å². The highest BCUT2D eigenvalue weighted by molar-refractivity contribution is 5.97. The number of benzene rings is 1. The van der Waals surface area contributed by atoms with Crippen LogP contribution < -0.4 is 5.32 Å². The van der Waals surface area contributed by atoms with Gasteiger partial charge in [-0.25, -0.2) is 9.37 Å².